The molecule has 0 saturated carbocycles. The molecule has 0 amide bonds. The van der Waals surface area contributed by atoms with Gasteiger partial charge in [-0.15, -0.1) is 0 Å². The number of nitrogens with zero attached hydrogens (tertiary/aromatic N) is 3. The van der Waals surface area contributed by atoms with Gasteiger partial charge >= 0.3 is 0 Å². The van der Waals surface area contributed by atoms with Crippen LogP contribution in [0.15, 0.2) is 91.3 Å². The van der Waals surface area contributed by atoms with E-state index in [1.807, 2.05) is 54.2 Å². The molecule has 32 heavy (non-hydrogen) atoms. The summed E-state index contributed by atoms with van der Waals surface area (Å²) in [5.41, 5.74) is 7.44. The number of benzene rings is 3. The van der Waals surface area contributed by atoms with E-state index in [9.17, 15) is 4.39 Å². The Morgan fingerprint density at radius 3 is 2.44 bits per heavy atom. The minimum Gasteiger partial charge on any atom is -0.353 e. The smallest absolute Gasteiger partial charge is 0.131 e. The predicted molar refractivity (Wildman–Crippen MR) is 127 cm³/mol. The molecule has 5 heteroatoms. The number of nitrogens with one attached hydrogen (secondary N) is 1. The number of fused-ring (bicyclic) bond motifs is 2. The number of H-pyrrole nitrogens is 1. The number of hydrogen-bond donors (Lipinski definition) is 1. The molecule has 0 bridgehead atoms. The van der Waals surface area contributed by atoms with Gasteiger partial charge in [0.05, 0.1) is 11.2 Å². The second-order valence-corrected chi connectivity index (χ2v) is 7.87. The molecule has 3 aromatic heterocycles. The van der Waals surface area contributed by atoms with Gasteiger partial charge in [-0.1, -0.05) is 36.4 Å². The topological polar surface area (TPSA) is 46.5 Å². The van der Waals surface area contributed by atoms with Crippen molar-refractivity contribution in [3.8, 4) is 33.6 Å². The molecular formula is C27H19FN4. The van der Waals surface area contributed by atoms with Gasteiger partial charge in [0.1, 0.15) is 11.5 Å². The monoisotopic (exact) mass is 418 g/mol. The highest BCUT2D eigenvalue weighted by atomic mass is 19.1. The largest absolute Gasteiger partial charge is 0.353 e. The predicted octanol–water partition coefficient (Wildman–Crippen LogP) is 6.59. The molecule has 0 atom stereocenters. The summed E-state index contributed by atoms with van der Waals surface area (Å²) in [4.78, 5) is 7.62. The van der Waals surface area contributed by atoms with Gasteiger partial charge in [0.15, 0.2) is 0 Å². The Bertz CT molecular complexity index is 1600. The van der Waals surface area contributed by atoms with Crippen LogP contribution in [-0.2, 0) is 7.05 Å². The number of pyridine rings is 1. The molecule has 0 fully saturated rings. The van der Waals surface area contributed by atoms with Gasteiger partial charge in [0.2, 0.25) is 0 Å². The van der Waals surface area contributed by atoms with E-state index in [1.54, 1.807) is 18.5 Å². The number of aryl methyl sites for hydroxylation is 1. The van der Waals surface area contributed by atoms with E-state index in [0.717, 1.165) is 49.9 Å². The fraction of sp³-hybridized carbons (Fsp3) is 0.0370. The molecule has 3 aromatic carbocycles. The van der Waals surface area contributed by atoms with Crippen molar-refractivity contribution >= 4 is 21.8 Å². The van der Waals surface area contributed by atoms with Crippen LogP contribution in [0.25, 0.3) is 55.4 Å². The first-order valence-corrected chi connectivity index (χ1v) is 10.4. The van der Waals surface area contributed by atoms with Gasteiger partial charge in [-0.3, -0.25) is 9.67 Å². The minimum atomic E-state index is -0.229. The maximum atomic E-state index is 14.5. The Labute approximate surface area is 184 Å². The lowest BCUT2D eigenvalue weighted by Gasteiger charge is -2.04. The molecule has 0 radical (unpaired) electrons. The Hall–Kier alpha value is -4.25. The molecule has 0 aliphatic carbocycles. The zero-order chi connectivity index (χ0) is 21.7. The second kappa shape index (κ2) is 7.17. The molecule has 0 saturated heterocycles. The summed E-state index contributed by atoms with van der Waals surface area (Å²) in [6.07, 6.45) is 3.59. The molecule has 0 aliphatic heterocycles. The summed E-state index contributed by atoms with van der Waals surface area (Å²) in [7, 11) is 1.95. The molecule has 3 heterocycles. The van der Waals surface area contributed by atoms with E-state index in [4.69, 9.17) is 5.10 Å². The first-order chi connectivity index (χ1) is 15.7. The molecule has 0 aliphatic rings. The van der Waals surface area contributed by atoms with Crippen LogP contribution in [0.1, 0.15) is 0 Å². The summed E-state index contributed by atoms with van der Waals surface area (Å²) in [6.45, 7) is 0. The molecule has 4 nitrogen and oxygen atoms in total. The highest BCUT2D eigenvalue weighted by molar-refractivity contribution is 6.02. The summed E-state index contributed by atoms with van der Waals surface area (Å²) >= 11 is 0. The number of hydrogen-bond acceptors (Lipinski definition) is 2. The van der Waals surface area contributed by atoms with Gasteiger partial charge in [0.25, 0.3) is 0 Å². The van der Waals surface area contributed by atoms with Crippen LogP contribution >= 0.6 is 0 Å². The highest BCUT2D eigenvalue weighted by Crippen LogP contribution is 2.36. The van der Waals surface area contributed by atoms with Gasteiger partial charge < -0.3 is 4.98 Å². The number of rotatable bonds is 3. The third-order valence-corrected chi connectivity index (χ3v) is 5.95. The van der Waals surface area contributed by atoms with Crippen molar-refractivity contribution < 1.29 is 4.39 Å². The maximum absolute atomic E-state index is 14.5. The number of aromatic amines is 1. The molecular weight excluding hydrogens is 399 g/mol. The van der Waals surface area contributed by atoms with Crippen LogP contribution < -0.4 is 0 Å². The van der Waals surface area contributed by atoms with Crippen LogP contribution in [0, 0.1) is 5.82 Å². The van der Waals surface area contributed by atoms with E-state index in [1.165, 1.54) is 6.07 Å². The first kappa shape index (κ1) is 18.5. The van der Waals surface area contributed by atoms with Gasteiger partial charge in [-0.2, -0.15) is 5.10 Å². The third-order valence-electron chi connectivity index (χ3n) is 5.95. The fourth-order valence-corrected chi connectivity index (χ4v) is 4.39. The molecule has 6 aromatic rings. The number of aromatic nitrogens is 4. The van der Waals surface area contributed by atoms with Crippen LogP contribution in [0.4, 0.5) is 4.39 Å². The summed E-state index contributed by atoms with van der Waals surface area (Å²) in [6, 6.07) is 25.2. The molecule has 0 unspecified atom stereocenters. The summed E-state index contributed by atoms with van der Waals surface area (Å²) < 4.78 is 16.4. The standard InChI is InChI=1S/C27H19FN4/c1-32-26-10-9-18(17-11-13-29-14-12-17)15-22(26)27(31-32)25-16-21-19(6-4-8-24(21)30-25)20-5-2-3-7-23(20)28/h2-16,30H,1H3. The van der Waals surface area contributed by atoms with E-state index < -0.39 is 0 Å². The maximum Gasteiger partial charge on any atom is 0.131 e. The van der Waals surface area contributed by atoms with Crippen molar-refractivity contribution in [1.29, 1.82) is 0 Å². The van der Waals surface area contributed by atoms with Crippen molar-refractivity contribution in [2.75, 3.05) is 0 Å². The van der Waals surface area contributed by atoms with Crippen molar-refractivity contribution in [2.24, 2.45) is 7.05 Å². The van der Waals surface area contributed by atoms with Gasteiger partial charge in [-0.25, -0.2) is 4.39 Å². The second-order valence-electron chi connectivity index (χ2n) is 7.87. The molecule has 154 valence electrons. The summed E-state index contributed by atoms with van der Waals surface area (Å²) in [5.74, 6) is -0.229. The van der Waals surface area contributed by atoms with E-state index in [2.05, 4.69) is 34.2 Å². The average molecular weight is 418 g/mol. The normalized spacial score (nSPS) is 11.4. The highest BCUT2D eigenvalue weighted by Gasteiger charge is 2.16. The quantitative estimate of drug-likeness (QED) is 0.352. The molecule has 6 rings (SSSR count). The van der Waals surface area contributed by atoms with Gasteiger partial charge in [-0.05, 0) is 59.2 Å². The van der Waals surface area contributed by atoms with E-state index in [-0.39, 0.29) is 5.82 Å². The molecule has 1 N–H and O–H groups in total. The zero-order valence-electron chi connectivity index (χ0n) is 17.4. The van der Waals surface area contributed by atoms with Crippen LogP contribution in [0.3, 0.4) is 0 Å². The molecule has 0 spiro atoms. The SMILES string of the molecule is Cn1nc(-c2cc3c(-c4ccccc4F)cccc3[nH]2)c2cc(-c3ccncc3)ccc21. The Kier molecular flexibility index (Phi) is 4.15. The lowest BCUT2D eigenvalue weighted by atomic mass is 10.0. The number of halogens is 1. The zero-order valence-corrected chi connectivity index (χ0v) is 17.4. The Morgan fingerprint density at radius 2 is 1.59 bits per heavy atom. The van der Waals surface area contributed by atoms with Crippen molar-refractivity contribution in [1.82, 2.24) is 19.7 Å². The first-order valence-electron chi connectivity index (χ1n) is 10.4. The van der Waals surface area contributed by atoms with Crippen LogP contribution in [0.2, 0.25) is 0 Å². The van der Waals surface area contributed by atoms with E-state index >= 15 is 0 Å². The van der Waals surface area contributed by atoms with Gasteiger partial charge in [0, 0.05) is 41.3 Å². The van der Waals surface area contributed by atoms with Crippen molar-refractivity contribution in [2.45, 2.75) is 0 Å². The average Bonchev–Trinajstić information content (AvgIpc) is 3.41. The van der Waals surface area contributed by atoms with Crippen LogP contribution in [-0.4, -0.2) is 19.7 Å². The van der Waals surface area contributed by atoms with Crippen molar-refractivity contribution in [3.63, 3.8) is 0 Å². The summed E-state index contributed by atoms with van der Waals surface area (Å²) in [5, 5.41) is 6.83. The van der Waals surface area contributed by atoms with Crippen molar-refractivity contribution in [3.05, 3.63) is 97.1 Å². The van der Waals surface area contributed by atoms with Crippen LogP contribution in [0.5, 0.6) is 0 Å². The lowest BCUT2D eigenvalue weighted by molar-refractivity contribution is 0.631. The Morgan fingerprint density at radius 1 is 0.781 bits per heavy atom. The Balaban J connectivity index is 1.56. The fourth-order valence-electron chi connectivity index (χ4n) is 4.39. The lowest BCUT2D eigenvalue weighted by Crippen LogP contribution is -1.89. The third kappa shape index (κ3) is 2.90. The minimum absolute atomic E-state index is 0.229. The van der Waals surface area contributed by atoms with E-state index in [0.29, 0.717) is 5.56 Å².